The molecule has 10 heteroatoms. The molecule has 190 valence electrons. The average molecular weight is 513 g/mol. The van der Waals surface area contributed by atoms with E-state index in [1.54, 1.807) is 50.6 Å². The van der Waals surface area contributed by atoms with Gasteiger partial charge in [0.25, 0.3) is 5.91 Å². The number of methoxy groups -OCH3 is 2. The van der Waals surface area contributed by atoms with E-state index in [0.717, 1.165) is 5.56 Å². The highest BCUT2D eigenvalue weighted by Gasteiger charge is 2.14. The van der Waals surface area contributed by atoms with Crippen LogP contribution in [0.5, 0.6) is 17.2 Å². The molecule has 3 rings (SSSR count). The minimum absolute atomic E-state index is 0.0765. The molecule has 1 amide bonds. The minimum atomic E-state index is -3.73. The number of carbonyl (C=O) groups is 2. The molecular weight excluding hydrogens is 484 g/mol. The molecule has 0 fully saturated rings. The maximum atomic E-state index is 12.6. The number of hydrogen-bond donors (Lipinski definition) is 2. The second-order valence-corrected chi connectivity index (χ2v) is 9.55. The summed E-state index contributed by atoms with van der Waals surface area (Å²) in [5.74, 6) is 1.000. The van der Waals surface area contributed by atoms with Gasteiger partial charge < -0.3 is 19.5 Å². The van der Waals surface area contributed by atoms with Crippen molar-refractivity contribution < 1.29 is 32.2 Å². The average Bonchev–Trinajstić information content (AvgIpc) is 2.87. The molecule has 3 aromatic rings. The first-order chi connectivity index (χ1) is 17.2. The van der Waals surface area contributed by atoms with Crippen molar-refractivity contribution in [2.45, 2.75) is 18.2 Å². The Morgan fingerprint density at radius 1 is 0.889 bits per heavy atom. The number of Topliss-reactive ketones (excluding diaryl/α,β-unsaturated/α-hetero) is 1. The summed E-state index contributed by atoms with van der Waals surface area (Å²) in [4.78, 5) is 23.7. The molecule has 0 unspecified atom stereocenters. The largest absolute Gasteiger partial charge is 0.493 e. The Morgan fingerprint density at radius 3 is 2.28 bits per heavy atom. The fourth-order valence-corrected chi connectivity index (χ4v) is 4.36. The van der Waals surface area contributed by atoms with Gasteiger partial charge >= 0.3 is 0 Å². The summed E-state index contributed by atoms with van der Waals surface area (Å²) in [6.07, 6.45) is 0.464. The monoisotopic (exact) mass is 512 g/mol. The first-order valence-electron chi connectivity index (χ1n) is 11.1. The molecule has 3 aromatic carbocycles. The normalized spacial score (nSPS) is 11.0. The van der Waals surface area contributed by atoms with Gasteiger partial charge in [-0.1, -0.05) is 18.2 Å². The number of ether oxygens (including phenoxy) is 3. The zero-order valence-corrected chi connectivity index (χ0v) is 21.1. The van der Waals surface area contributed by atoms with E-state index in [1.165, 1.54) is 31.2 Å². The van der Waals surface area contributed by atoms with Crippen molar-refractivity contribution in [3.63, 3.8) is 0 Å². The third-order valence-electron chi connectivity index (χ3n) is 5.21. The number of anilines is 1. The topological polar surface area (TPSA) is 120 Å². The van der Waals surface area contributed by atoms with E-state index in [9.17, 15) is 18.0 Å². The molecule has 0 atom stereocenters. The van der Waals surface area contributed by atoms with E-state index in [4.69, 9.17) is 14.2 Å². The van der Waals surface area contributed by atoms with Crippen molar-refractivity contribution in [3.8, 4) is 17.2 Å². The Hall–Kier alpha value is -3.89. The molecule has 0 saturated carbocycles. The molecule has 0 spiro atoms. The lowest BCUT2D eigenvalue weighted by molar-refractivity contribution is -0.118. The van der Waals surface area contributed by atoms with Crippen LogP contribution in [0, 0.1) is 0 Å². The van der Waals surface area contributed by atoms with Crippen molar-refractivity contribution in [1.82, 2.24) is 4.72 Å². The van der Waals surface area contributed by atoms with Crippen molar-refractivity contribution >= 4 is 27.4 Å². The van der Waals surface area contributed by atoms with E-state index < -0.39 is 15.9 Å². The summed E-state index contributed by atoms with van der Waals surface area (Å²) in [5, 5.41) is 2.66. The number of ketones is 1. The van der Waals surface area contributed by atoms with Crippen LogP contribution in [-0.2, 0) is 21.2 Å². The second-order valence-electron chi connectivity index (χ2n) is 7.78. The predicted molar refractivity (Wildman–Crippen MR) is 135 cm³/mol. The first kappa shape index (κ1) is 26.7. The molecule has 9 nitrogen and oxygen atoms in total. The molecule has 0 heterocycles. The summed E-state index contributed by atoms with van der Waals surface area (Å²) in [5.41, 5.74) is 1.87. The Balaban J connectivity index is 1.50. The molecule has 0 aliphatic carbocycles. The Kier molecular flexibility index (Phi) is 9.04. The van der Waals surface area contributed by atoms with Gasteiger partial charge in [-0.2, -0.15) is 0 Å². The SMILES string of the molecule is COc1ccc(CCNS(=O)(=O)c2ccc(OCC(=O)Nc3cccc(C(C)=O)c3)cc2)cc1OC. The zero-order chi connectivity index (χ0) is 26.1. The standard InChI is InChI=1S/C26H28N2O7S/c1-18(29)20-5-4-6-21(16-20)28-26(30)17-35-22-8-10-23(11-9-22)36(31,32)27-14-13-19-7-12-24(33-2)25(15-19)34-3/h4-12,15-16,27H,13-14,17H2,1-3H3,(H,28,30). The summed E-state index contributed by atoms with van der Waals surface area (Å²) in [7, 11) is -0.638. The quantitative estimate of drug-likeness (QED) is 0.357. The number of carbonyl (C=O) groups excluding carboxylic acids is 2. The van der Waals surface area contributed by atoms with Gasteiger partial charge in [0.1, 0.15) is 5.75 Å². The Labute approximate surface area is 210 Å². The number of nitrogens with one attached hydrogen (secondary N) is 2. The zero-order valence-electron chi connectivity index (χ0n) is 20.2. The number of hydrogen-bond acceptors (Lipinski definition) is 7. The van der Waals surface area contributed by atoms with E-state index >= 15 is 0 Å². The third kappa shape index (κ3) is 7.30. The fourth-order valence-electron chi connectivity index (χ4n) is 3.33. The van der Waals surface area contributed by atoms with Crippen LogP contribution < -0.4 is 24.2 Å². The highest BCUT2D eigenvalue weighted by Crippen LogP contribution is 2.27. The van der Waals surface area contributed by atoms with Gasteiger partial charge in [0, 0.05) is 17.8 Å². The number of sulfonamides is 1. The van der Waals surface area contributed by atoms with Crippen LogP contribution in [0.15, 0.2) is 71.6 Å². The predicted octanol–water partition coefficient (Wildman–Crippen LogP) is 3.44. The molecule has 2 N–H and O–H groups in total. The van der Waals surface area contributed by atoms with Crippen LogP contribution in [0.4, 0.5) is 5.69 Å². The highest BCUT2D eigenvalue weighted by molar-refractivity contribution is 7.89. The number of benzene rings is 3. The smallest absolute Gasteiger partial charge is 0.262 e. The van der Waals surface area contributed by atoms with Gasteiger partial charge in [-0.3, -0.25) is 9.59 Å². The van der Waals surface area contributed by atoms with E-state index in [-0.39, 0.29) is 23.8 Å². The van der Waals surface area contributed by atoms with E-state index in [0.29, 0.717) is 34.9 Å². The fraction of sp³-hybridized carbons (Fsp3) is 0.231. The Bertz CT molecular complexity index is 1320. The van der Waals surface area contributed by atoms with E-state index in [1.807, 2.05) is 6.07 Å². The highest BCUT2D eigenvalue weighted by atomic mass is 32.2. The van der Waals surface area contributed by atoms with Gasteiger partial charge in [-0.15, -0.1) is 0 Å². The van der Waals surface area contributed by atoms with Gasteiger partial charge in [-0.05, 0) is 67.4 Å². The Morgan fingerprint density at radius 2 is 1.61 bits per heavy atom. The summed E-state index contributed by atoms with van der Waals surface area (Å²) in [6.45, 7) is 1.36. The van der Waals surface area contributed by atoms with Gasteiger partial charge in [-0.25, -0.2) is 13.1 Å². The summed E-state index contributed by atoms with van der Waals surface area (Å²) < 4.78 is 43.7. The van der Waals surface area contributed by atoms with Crippen LogP contribution in [0.2, 0.25) is 0 Å². The maximum absolute atomic E-state index is 12.6. The van der Waals surface area contributed by atoms with Crippen molar-refractivity contribution in [3.05, 3.63) is 77.9 Å². The third-order valence-corrected chi connectivity index (χ3v) is 6.69. The number of rotatable bonds is 12. The summed E-state index contributed by atoms with van der Waals surface area (Å²) in [6, 6.07) is 17.8. The lowest BCUT2D eigenvalue weighted by atomic mass is 10.1. The van der Waals surface area contributed by atoms with Crippen LogP contribution in [-0.4, -0.2) is 47.5 Å². The van der Waals surface area contributed by atoms with Gasteiger partial charge in [0.15, 0.2) is 23.9 Å². The first-order valence-corrected chi connectivity index (χ1v) is 12.5. The molecule has 0 radical (unpaired) electrons. The molecule has 36 heavy (non-hydrogen) atoms. The lowest BCUT2D eigenvalue weighted by Gasteiger charge is -2.11. The summed E-state index contributed by atoms with van der Waals surface area (Å²) >= 11 is 0. The molecule has 0 saturated heterocycles. The van der Waals surface area contributed by atoms with Crippen LogP contribution >= 0.6 is 0 Å². The van der Waals surface area contributed by atoms with Crippen LogP contribution in [0.3, 0.4) is 0 Å². The molecule has 0 bridgehead atoms. The van der Waals surface area contributed by atoms with Crippen LogP contribution in [0.1, 0.15) is 22.8 Å². The molecule has 0 aromatic heterocycles. The molecular formula is C26H28N2O7S. The molecule has 0 aliphatic rings. The number of amides is 1. The second kappa shape index (κ2) is 12.2. The van der Waals surface area contributed by atoms with Crippen molar-refractivity contribution in [2.24, 2.45) is 0 Å². The van der Waals surface area contributed by atoms with Crippen molar-refractivity contribution in [2.75, 3.05) is 32.7 Å². The molecule has 0 aliphatic heterocycles. The minimum Gasteiger partial charge on any atom is -0.493 e. The van der Waals surface area contributed by atoms with Crippen LogP contribution in [0.25, 0.3) is 0 Å². The van der Waals surface area contributed by atoms with Gasteiger partial charge in [0.2, 0.25) is 10.0 Å². The van der Waals surface area contributed by atoms with E-state index in [2.05, 4.69) is 10.0 Å². The lowest BCUT2D eigenvalue weighted by Crippen LogP contribution is -2.26. The van der Waals surface area contributed by atoms with Crippen molar-refractivity contribution in [1.29, 1.82) is 0 Å². The van der Waals surface area contributed by atoms with Gasteiger partial charge in [0.05, 0.1) is 19.1 Å². The maximum Gasteiger partial charge on any atom is 0.262 e.